The van der Waals surface area contributed by atoms with Gasteiger partial charge in [0.15, 0.2) is 0 Å². The molecule has 106 valence electrons. The van der Waals surface area contributed by atoms with E-state index in [1.54, 1.807) is 0 Å². The van der Waals surface area contributed by atoms with Gasteiger partial charge in [-0.05, 0) is 49.1 Å². The second-order valence-electron chi connectivity index (χ2n) is 4.95. The Labute approximate surface area is 121 Å². The normalized spacial score (nSPS) is 10.4. The molecule has 20 heavy (non-hydrogen) atoms. The van der Waals surface area contributed by atoms with Gasteiger partial charge in [0.2, 0.25) is 0 Å². The molecule has 0 aliphatic rings. The topological polar surface area (TPSA) is 29.5 Å². The van der Waals surface area contributed by atoms with Crippen molar-refractivity contribution in [2.75, 3.05) is 6.61 Å². The van der Waals surface area contributed by atoms with Crippen molar-refractivity contribution in [1.29, 1.82) is 0 Å². The number of unbranched alkanes of at least 4 members (excludes halogenated alkanes) is 3. The molecule has 0 bridgehead atoms. The molecule has 2 aromatic carbocycles. The van der Waals surface area contributed by atoms with Crippen molar-refractivity contribution in [2.24, 2.45) is 0 Å². The van der Waals surface area contributed by atoms with Crippen molar-refractivity contribution >= 4 is 0 Å². The summed E-state index contributed by atoms with van der Waals surface area (Å²) in [7, 11) is 0. The van der Waals surface area contributed by atoms with E-state index in [1.807, 2.05) is 42.5 Å². The minimum absolute atomic E-state index is 0.306. The molecule has 2 rings (SSSR count). The second-order valence-corrected chi connectivity index (χ2v) is 4.95. The highest BCUT2D eigenvalue weighted by molar-refractivity contribution is 5.33. The molecule has 0 spiro atoms. The SMILES string of the molecule is OCCCCCCc1cccc(Oc2ccccc2)c1. The lowest BCUT2D eigenvalue weighted by Gasteiger charge is -2.07. The molecule has 2 nitrogen and oxygen atoms in total. The van der Waals surface area contributed by atoms with Crippen molar-refractivity contribution in [3.05, 3.63) is 60.2 Å². The number of hydrogen-bond donors (Lipinski definition) is 1. The molecule has 0 heterocycles. The van der Waals surface area contributed by atoms with Gasteiger partial charge in [0.1, 0.15) is 11.5 Å². The summed E-state index contributed by atoms with van der Waals surface area (Å²) in [6, 6.07) is 18.1. The Morgan fingerprint density at radius 3 is 2.30 bits per heavy atom. The molecular weight excluding hydrogens is 248 g/mol. The van der Waals surface area contributed by atoms with E-state index in [2.05, 4.69) is 12.1 Å². The molecule has 1 N–H and O–H groups in total. The molecule has 0 radical (unpaired) electrons. The molecule has 0 unspecified atom stereocenters. The molecule has 0 aliphatic carbocycles. The molecule has 0 atom stereocenters. The Balaban J connectivity index is 1.84. The maximum Gasteiger partial charge on any atom is 0.127 e. The van der Waals surface area contributed by atoms with Gasteiger partial charge in [0, 0.05) is 6.61 Å². The summed E-state index contributed by atoms with van der Waals surface area (Å²) in [6.45, 7) is 0.306. The summed E-state index contributed by atoms with van der Waals surface area (Å²) in [4.78, 5) is 0. The predicted molar refractivity (Wildman–Crippen MR) is 82.2 cm³/mol. The lowest BCUT2D eigenvalue weighted by molar-refractivity contribution is 0.282. The van der Waals surface area contributed by atoms with E-state index < -0.39 is 0 Å². The lowest BCUT2D eigenvalue weighted by Crippen LogP contribution is -1.89. The van der Waals surface area contributed by atoms with Crippen LogP contribution in [0.4, 0.5) is 0 Å². The predicted octanol–water partition coefficient (Wildman–Crippen LogP) is 4.57. The number of hydrogen-bond acceptors (Lipinski definition) is 2. The monoisotopic (exact) mass is 270 g/mol. The minimum atomic E-state index is 0.306. The first-order chi connectivity index (χ1) is 9.88. The lowest BCUT2D eigenvalue weighted by atomic mass is 10.1. The highest BCUT2D eigenvalue weighted by atomic mass is 16.5. The fourth-order valence-corrected chi connectivity index (χ4v) is 2.18. The number of aryl methyl sites for hydroxylation is 1. The van der Waals surface area contributed by atoms with Crippen LogP contribution in [0.3, 0.4) is 0 Å². The number of rotatable bonds is 8. The van der Waals surface area contributed by atoms with E-state index in [9.17, 15) is 0 Å². The fourth-order valence-electron chi connectivity index (χ4n) is 2.18. The van der Waals surface area contributed by atoms with Crippen LogP contribution in [0, 0.1) is 0 Å². The third-order valence-corrected chi connectivity index (χ3v) is 3.25. The zero-order chi connectivity index (χ0) is 14.0. The van der Waals surface area contributed by atoms with Gasteiger partial charge in [0.25, 0.3) is 0 Å². The van der Waals surface area contributed by atoms with E-state index in [4.69, 9.17) is 9.84 Å². The Bertz CT molecular complexity index is 494. The Hall–Kier alpha value is -1.80. The van der Waals surface area contributed by atoms with Crippen molar-refractivity contribution in [1.82, 2.24) is 0 Å². The van der Waals surface area contributed by atoms with Crippen molar-refractivity contribution < 1.29 is 9.84 Å². The summed E-state index contributed by atoms with van der Waals surface area (Å²) < 4.78 is 5.83. The largest absolute Gasteiger partial charge is 0.457 e. The van der Waals surface area contributed by atoms with E-state index in [-0.39, 0.29) is 0 Å². The average Bonchev–Trinajstić information content (AvgIpc) is 2.48. The van der Waals surface area contributed by atoms with E-state index in [0.29, 0.717) is 6.61 Å². The van der Waals surface area contributed by atoms with Crippen LogP contribution in [0.25, 0.3) is 0 Å². The Morgan fingerprint density at radius 1 is 0.750 bits per heavy atom. The van der Waals surface area contributed by atoms with Gasteiger partial charge in [-0.1, -0.05) is 43.2 Å². The van der Waals surface area contributed by atoms with Crippen molar-refractivity contribution in [3.63, 3.8) is 0 Å². The number of aliphatic hydroxyl groups excluding tert-OH is 1. The van der Waals surface area contributed by atoms with Crippen LogP contribution in [0.2, 0.25) is 0 Å². The van der Waals surface area contributed by atoms with Gasteiger partial charge < -0.3 is 9.84 Å². The fraction of sp³-hybridized carbons (Fsp3) is 0.333. The van der Waals surface area contributed by atoms with Crippen LogP contribution in [-0.4, -0.2) is 11.7 Å². The second kappa shape index (κ2) is 8.39. The summed E-state index contributed by atoms with van der Waals surface area (Å²) in [5, 5.41) is 8.74. The highest BCUT2D eigenvalue weighted by Crippen LogP contribution is 2.22. The summed E-state index contributed by atoms with van der Waals surface area (Å²) in [6.07, 6.45) is 5.42. The van der Waals surface area contributed by atoms with Gasteiger partial charge in [-0.25, -0.2) is 0 Å². The van der Waals surface area contributed by atoms with E-state index in [0.717, 1.165) is 37.2 Å². The van der Waals surface area contributed by atoms with Gasteiger partial charge in [-0.2, -0.15) is 0 Å². The minimum Gasteiger partial charge on any atom is -0.457 e. The third kappa shape index (κ3) is 5.06. The molecule has 0 aromatic heterocycles. The van der Waals surface area contributed by atoms with Crippen LogP contribution < -0.4 is 4.74 Å². The molecule has 0 aliphatic heterocycles. The van der Waals surface area contributed by atoms with Crippen molar-refractivity contribution in [2.45, 2.75) is 32.1 Å². The van der Waals surface area contributed by atoms with E-state index >= 15 is 0 Å². The van der Waals surface area contributed by atoms with Crippen molar-refractivity contribution in [3.8, 4) is 11.5 Å². The van der Waals surface area contributed by atoms with Crippen LogP contribution in [0.15, 0.2) is 54.6 Å². The van der Waals surface area contributed by atoms with Crippen LogP contribution in [-0.2, 0) is 6.42 Å². The molecule has 0 saturated heterocycles. The van der Waals surface area contributed by atoms with Gasteiger partial charge >= 0.3 is 0 Å². The maximum atomic E-state index is 8.74. The molecule has 2 aromatic rings. The molecule has 0 saturated carbocycles. The van der Waals surface area contributed by atoms with Crippen LogP contribution in [0.5, 0.6) is 11.5 Å². The quantitative estimate of drug-likeness (QED) is 0.712. The molecule has 0 fully saturated rings. The number of benzene rings is 2. The average molecular weight is 270 g/mol. The van der Waals surface area contributed by atoms with Crippen LogP contribution >= 0.6 is 0 Å². The smallest absolute Gasteiger partial charge is 0.127 e. The number of para-hydroxylation sites is 1. The molecule has 0 amide bonds. The Morgan fingerprint density at radius 2 is 1.50 bits per heavy atom. The number of aliphatic hydroxyl groups is 1. The standard InChI is InChI=1S/C18H22O2/c19-14-7-2-1-4-9-16-10-8-13-18(15-16)20-17-11-5-3-6-12-17/h3,5-6,8,10-13,15,19H,1-2,4,7,9,14H2. The maximum absolute atomic E-state index is 8.74. The summed E-state index contributed by atoms with van der Waals surface area (Å²) in [5.41, 5.74) is 1.31. The first-order valence-electron chi connectivity index (χ1n) is 7.31. The van der Waals surface area contributed by atoms with E-state index in [1.165, 1.54) is 12.0 Å². The highest BCUT2D eigenvalue weighted by Gasteiger charge is 1.99. The summed E-state index contributed by atoms with van der Waals surface area (Å²) in [5.74, 6) is 1.76. The molecular formula is C18H22O2. The number of ether oxygens (including phenoxy) is 1. The van der Waals surface area contributed by atoms with Gasteiger partial charge in [-0.3, -0.25) is 0 Å². The third-order valence-electron chi connectivity index (χ3n) is 3.25. The summed E-state index contributed by atoms with van der Waals surface area (Å²) >= 11 is 0. The Kier molecular flexibility index (Phi) is 6.12. The molecule has 2 heteroatoms. The first-order valence-corrected chi connectivity index (χ1v) is 7.31. The zero-order valence-electron chi connectivity index (χ0n) is 11.8. The van der Waals surface area contributed by atoms with Gasteiger partial charge in [-0.15, -0.1) is 0 Å². The first kappa shape index (κ1) is 14.6. The van der Waals surface area contributed by atoms with Gasteiger partial charge in [0.05, 0.1) is 0 Å². The van der Waals surface area contributed by atoms with Crippen LogP contribution in [0.1, 0.15) is 31.2 Å². The zero-order valence-corrected chi connectivity index (χ0v) is 11.8.